The third kappa shape index (κ3) is 2.81. The molecule has 0 aliphatic carbocycles. The summed E-state index contributed by atoms with van der Waals surface area (Å²) in [4.78, 5) is 21.9. The van der Waals surface area contributed by atoms with Crippen LogP contribution in [0.1, 0.15) is 4.88 Å². The zero-order valence-corrected chi connectivity index (χ0v) is 9.34. The van der Waals surface area contributed by atoms with Gasteiger partial charge in [-0.1, -0.05) is 0 Å². The quantitative estimate of drug-likeness (QED) is 0.825. The molecule has 0 spiro atoms. The van der Waals surface area contributed by atoms with Gasteiger partial charge in [0.15, 0.2) is 5.92 Å². The summed E-state index contributed by atoms with van der Waals surface area (Å²) >= 11 is 4.56. The number of aliphatic carboxylic acids is 2. The second-order valence-electron chi connectivity index (χ2n) is 2.64. The smallest absolute Gasteiger partial charge is 0.318 e. The molecule has 14 heavy (non-hydrogen) atoms. The molecule has 0 radical (unpaired) electrons. The Balaban J connectivity index is 2.74. The summed E-state index contributed by atoms with van der Waals surface area (Å²) in [5.74, 6) is -3.97. The number of halogens is 1. The molecule has 0 fully saturated rings. The first-order valence-electron chi connectivity index (χ1n) is 3.70. The standard InChI is InChI=1S/C8H7BrO4S/c9-6-2-1-4(14-6)3-5(7(10)11)8(12)13/h1-2,5H,3H2,(H,10,11)(H,12,13). The highest BCUT2D eigenvalue weighted by Crippen LogP contribution is 2.24. The van der Waals surface area contributed by atoms with Crippen LogP contribution in [-0.4, -0.2) is 22.2 Å². The Morgan fingerprint density at radius 3 is 2.29 bits per heavy atom. The van der Waals surface area contributed by atoms with Crippen LogP contribution in [-0.2, 0) is 16.0 Å². The lowest BCUT2D eigenvalue weighted by atomic mass is 10.1. The van der Waals surface area contributed by atoms with Crippen LogP contribution in [0.3, 0.4) is 0 Å². The highest BCUT2D eigenvalue weighted by atomic mass is 79.9. The van der Waals surface area contributed by atoms with Crippen LogP contribution in [0.5, 0.6) is 0 Å². The van der Waals surface area contributed by atoms with Crippen LogP contribution in [0.15, 0.2) is 15.9 Å². The highest BCUT2D eigenvalue weighted by molar-refractivity contribution is 9.11. The second kappa shape index (κ2) is 4.56. The molecule has 0 saturated heterocycles. The van der Waals surface area contributed by atoms with Crippen molar-refractivity contribution in [1.82, 2.24) is 0 Å². The van der Waals surface area contributed by atoms with Crippen molar-refractivity contribution >= 4 is 39.2 Å². The Bertz CT molecular complexity index is 346. The molecule has 0 amide bonds. The molecular weight excluding hydrogens is 272 g/mol. The van der Waals surface area contributed by atoms with Gasteiger partial charge in [-0.05, 0) is 28.1 Å². The Hall–Kier alpha value is -0.880. The highest BCUT2D eigenvalue weighted by Gasteiger charge is 2.26. The molecule has 0 bridgehead atoms. The predicted octanol–water partition coefficient (Wildman–Crippen LogP) is 1.84. The first kappa shape index (κ1) is 11.2. The first-order chi connectivity index (χ1) is 6.50. The van der Waals surface area contributed by atoms with Gasteiger partial charge in [0.2, 0.25) is 0 Å². The van der Waals surface area contributed by atoms with E-state index in [4.69, 9.17) is 10.2 Å². The van der Waals surface area contributed by atoms with Crippen LogP contribution < -0.4 is 0 Å². The second-order valence-corrected chi connectivity index (χ2v) is 5.19. The Morgan fingerprint density at radius 2 is 1.93 bits per heavy atom. The van der Waals surface area contributed by atoms with Gasteiger partial charge >= 0.3 is 11.9 Å². The zero-order valence-electron chi connectivity index (χ0n) is 6.94. The fourth-order valence-corrected chi connectivity index (χ4v) is 2.47. The number of rotatable bonds is 4. The van der Waals surface area contributed by atoms with Crippen molar-refractivity contribution in [3.8, 4) is 0 Å². The Labute approximate surface area is 92.3 Å². The lowest BCUT2D eigenvalue weighted by Crippen LogP contribution is -2.25. The van der Waals surface area contributed by atoms with Gasteiger partial charge in [0.25, 0.3) is 0 Å². The summed E-state index contributed by atoms with van der Waals surface area (Å²) in [6.45, 7) is 0. The van der Waals surface area contributed by atoms with Gasteiger partial charge in [-0.3, -0.25) is 9.59 Å². The van der Waals surface area contributed by atoms with E-state index >= 15 is 0 Å². The van der Waals surface area contributed by atoms with Crippen molar-refractivity contribution in [2.75, 3.05) is 0 Å². The van der Waals surface area contributed by atoms with E-state index in [1.165, 1.54) is 11.3 Å². The minimum atomic E-state index is -1.36. The largest absolute Gasteiger partial charge is 0.481 e. The molecule has 2 N–H and O–H groups in total. The summed E-state index contributed by atoms with van der Waals surface area (Å²) in [7, 11) is 0. The maximum atomic E-state index is 10.6. The molecule has 6 heteroatoms. The predicted molar refractivity (Wildman–Crippen MR) is 54.5 cm³/mol. The van der Waals surface area contributed by atoms with Crippen LogP contribution in [0.4, 0.5) is 0 Å². The van der Waals surface area contributed by atoms with E-state index in [1.54, 1.807) is 12.1 Å². The molecule has 0 atom stereocenters. The van der Waals surface area contributed by atoms with E-state index in [-0.39, 0.29) is 6.42 Å². The lowest BCUT2D eigenvalue weighted by Gasteiger charge is -2.04. The fourth-order valence-electron chi connectivity index (χ4n) is 0.943. The minimum absolute atomic E-state index is 0.0287. The summed E-state index contributed by atoms with van der Waals surface area (Å²) in [5.41, 5.74) is 0. The van der Waals surface area contributed by atoms with Crippen LogP contribution in [0.25, 0.3) is 0 Å². The average Bonchev–Trinajstić information content (AvgIpc) is 2.46. The van der Waals surface area contributed by atoms with Crippen molar-refractivity contribution in [2.45, 2.75) is 6.42 Å². The molecule has 76 valence electrons. The molecule has 0 aromatic carbocycles. The van der Waals surface area contributed by atoms with Gasteiger partial charge in [-0.2, -0.15) is 0 Å². The molecule has 1 aromatic heterocycles. The van der Waals surface area contributed by atoms with Gasteiger partial charge in [0.05, 0.1) is 3.79 Å². The van der Waals surface area contributed by atoms with E-state index in [9.17, 15) is 9.59 Å². The third-order valence-electron chi connectivity index (χ3n) is 1.63. The minimum Gasteiger partial charge on any atom is -0.481 e. The molecule has 1 rings (SSSR count). The summed E-state index contributed by atoms with van der Waals surface area (Å²) < 4.78 is 0.863. The van der Waals surface area contributed by atoms with Crippen LogP contribution in [0.2, 0.25) is 0 Å². The molecule has 0 unspecified atom stereocenters. The molecule has 0 saturated carbocycles. The zero-order chi connectivity index (χ0) is 10.7. The van der Waals surface area contributed by atoms with Crippen molar-refractivity contribution < 1.29 is 19.8 Å². The number of carboxylic acids is 2. The summed E-state index contributed by atoms with van der Waals surface area (Å²) in [6.07, 6.45) is 0.0287. The van der Waals surface area contributed by atoms with Gasteiger partial charge < -0.3 is 10.2 Å². The van der Waals surface area contributed by atoms with E-state index < -0.39 is 17.9 Å². The Morgan fingerprint density at radius 1 is 1.36 bits per heavy atom. The maximum absolute atomic E-state index is 10.6. The SMILES string of the molecule is O=C(O)C(Cc1ccc(Br)s1)C(=O)O. The van der Waals surface area contributed by atoms with Gasteiger partial charge in [0.1, 0.15) is 0 Å². The fraction of sp³-hybridized carbons (Fsp3) is 0.250. The van der Waals surface area contributed by atoms with E-state index in [0.29, 0.717) is 0 Å². The average molecular weight is 279 g/mol. The van der Waals surface area contributed by atoms with Crippen molar-refractivity contribution in [3.63, 3.8) is 0 Å². The topological polar surface area (TPSA) is 74.6 Å². The molecular formula is C8H7BrO4S. The number of thiophene rings is 1. The van der Waals surface area contributed by atoms with Crippen molar-refractivity contribution in [3.05, 3.63) is 20.8 Å². The van der Waals surface area contributed by atoms with Gasteiger partial charge in [-0.25, -0.2) is 0 Å². The summed E-state index contributed by atoms with van der Waals surface area (Å²) in [6, 6.07) is 3.48. The van der Waals surface area contributed by atoms with E-state index in [1.807, 2.05) is 0 Å². The first-order valence-corrected chi connectivity index (χ1v) is 5.31. The maximum Gasteiger partial charge on any atom is 0.318 e. The van der Waals surface area contributed by atoms with E-state index in [0.717, 1.165) is 8.66 Å². The third-order valence-corrected chi connectivity index (χ3v) is 3.28. The lowest BCUT2D eigenvalue weighted by molar-refractivity contribution is -0.154. The van der Waals surface area contributed by atoms with Gasteiger partial charge in [-0.15, -0.1) is 11.3 Å². The normalized spacial score (nSPS) is 10.4. The Kier molecular flexibility index (Phi) is 3.65. The van der Waals surface area contributed by atoms with Crippen molar-refractivity contribution in [2.24, 2.45) is 5.92 Å². The van der Waals surface area contributed by atoms with Crippen LogP contribution in [0, 0.1) is 5.92 Å². The molecule has 1 heterocycles. The molecule has 4 nitrogen and oxygen atoms in total. The van der Waals surface area contributed by atoms with Gasteiger partial charge in [0, 0.05) is 11.3 Å². The molecule has 0 aliphatic heterocycles. The monoisotopic (exact) mass is 278 g/mol. The number of hydrogen-bond acceptors (Lipinski definition) is 3. The van der Waals surface area contributed by atoms with Crippen LogP contribution >= 0.6 is 27.3 Å². The van der Waals surface area contributed by atoms with Crippen molar-refractivity contribution in [1.29, 1.82) is 0 Å². The molecule has 0 aliphatic rings. The summed E-state index contributed by atoms with van der Waals surface area (Å²) in [5, 5.41) is 17.2. The number of carboxylic acid groups (broad SMARTS) is 2. The molecule has 1 aromatic rings. The number of hydrogen-bond donors (Lipinski definition) is 2. The number of carbonyl (C=O) groups is 2. The van der Waals surface area contributed by atoms with E-state index in [2.05, 4.69) is 15.9 Å².